The molecule has 0 aromatic rings. The lowest BCUT2D eigenvalue weighted by atomic mass is 9.97. The second kappa shape index (κ2) is 17.5. The van der Waals surface area contributed by atoms with Crippen LogP contribution >= 0.6 is 0 Å². The van der Waals surface area contributed by atoms with Gasteiger partial charge in [0.2, 0.25) is 12.4 Å². The molecule has 0 N–H and O–H groups in total. The van der Waals surface area contributed by atoms with Crippen LogP contribution in [0.3, 0.4) is 0 Å². The second-order valence-corrected chi connectivity index (χ2v) is 10.3. The van der Waals surface area contributed by atoms with Crippen LogP contribution in [-0.2, 0) is 90.5 Å². The number of hydrogen-bond acceptors (Lipinski definition) is 19. The van der Waals surface area contributed by atoms with E-state index < -0.39 is 122 Å². The highest BCUT2D eigenvalue weighted by atomic mass is 16.8. The summed E-state index contributed by atoms with van der Waals surface area (Å²) in [6.45, 7) is 7.09. The molecular weight excluding hydrogens is 640 g/mol. The van der Waals surface area contributed by atoms with Gasteiger partial charge in [-0.25, -0.2) is 0 Å². The first-order chi connectivity index (χ1) is 21.9. The van der Waals surface area contributed by atoms with Crippen molar-refractivity contribution >= 4 is 47.8 Å². The lowest BCUT2D eigenvalue weighted by Crippen LogP contribution is -2.65. The molecule has 2 aliphatic rings. The van der Waals surface area contributed by atoms with Crippen LogP contribution in [0.4, 0.5) is 0 Å². The lowest BCUT2D eigenvalue weighted by molar-refractivity contribution is -0.331. The largest absolute Gasteiger partial charge is 0.463 e. The molecule has 2 heterocycles. The van der Waals surface area contributed by atoms with Crippen molar-refractivity contribution in [2.75, 3.05) is 13.2 Å². The molecular formula is C28H38O19. The normalized spacial score (nSPS) is 30.0. The molecule has 19 heteroatoms. The summed E-state index contributed by atoms with van der Waals surface area (Å²) in [5.41, 5.74) is 0. The Labute approximate surface area is 268 Å². The fourth-order valence-corrected chi connectivity index (χ4v) is 4.76. The van der Waals surface area contributed by atoms with Crippen LogP contribution in [0.25, 0.3) is 0 Å². The van der Waals surface area contributed by atoms with Gasteiger partial charge in [0.1, 0.15) is 18.8 Å². The standard InChI is InChI=1S/C28H38O19/c1-11(29)37-9-19-21(39-12(2)30)23(41-14(4)32)25(43-16(6)34)27(46-19)38-10-20-22(40-13(3)31)24(42-15(5)33)26(44-17(7)35)28(47-20)45-18(8)36/h19-28H,9-10H2,1-8H3/t19-,20-,21-,22+,23+,24+,25-,26-,27+,28+/m1/s1. The van der Waals surface area contributed by atoms with Crippen LogP contribution in [0.2, 0.25) is 0 Å². The van der Waals surface area contributed by atoms with Crippen LogP contribution in [0.1, 0.15) is 55.4 Å². The van der Waals surface area contributed by atoms with Gasteiger partial charge in [-0.1, -0.05) is 0 Å². The molecule has 0 spiro atoms. The average molecular weight is 679 g/mol. The highest BCUT2D eigenvalue weighted by Crippen LogP contribution is 2.33. The summed E-state index contributed by atoms with van der Waals surface area (Å²) in [6, 6.07) is 0. The molecule has 0 aromatic carbocycles. The van der Waals surface area contributed by atoms with E-state index in [1.54, 1.807) is 0 Å². The Kier molecular flexibility index (Phi) is 14.5. The van der Waals surface area contributed by atoms with Crippen LogP contribution in [-0.4, -0.2) is 122 Å². The summed E-state index contributed by atoms with van der Waals surface area (Å²) in [7, 11) is 0. The maximum Gasteiger partial charge on any atom is 0.305 e. The summed E-state index contributed by atoms with van der Waals surface area (Å²) < 4.78 is 59.8. The third kappa shape index (κ3) is 12.1. The maximum atomic E-state index is 12.1. The van der Waals surface area contributed by atoms with Gasteiger partial charge in [0, 0.05) is 55.4 Å². The Morgan fingerprint density at radius 1 is 0.383 bits per heavy atom. The Morgan fingerprint density at radius 2 is 0.702 bits per heavy atom. The number of rotatable bonds is 12. The van der Waals surface area contributed by atoms with Gasteiger partial charge in [-0.2, -0.15) is 0 Å². The molecule has 19 nitrogen and oxygen atoms in total. The van der Waals surface area contributed by atoms with Crippen molar-refractivity contribution < 1.29 is 90.5 Å². The number of carbonyl (C=O) groups is 8. The molecule has 0 radical (unpaired) electrons. The zero-order valence-corrected chi connectivity index (χ0v) is 26.9. The van der Waals surface area contributed by atoms with Crippen molar-refractivity contribution in [2.45, 2.75) is 117 Å². The summed E-state index contributed by atoms with van der Waals surface area (Å²) >= 11 is 0. The molecule has 47 heavy (non-hydrogen) atoms. The highest BCUT2D eigenvalue weighted by Gasteiger charge is 2.56. The quantitative estimate of drug-likeness (QED) is 0.181. The van der Waals surface area contributed by atoms with Gasteiger partial charge in [-0.3, -0.25) is 38.4 Å². The van der Waals surface area contributed by atoms with Crippen LogP contribution in [0.5, 0.6) is 0 Å². The Bertz CT molecular complexity index is 1200. The van der Waals surface area contributed by atoms with Crippen molar-refractivity contribution in [1.82, 2.24) is 0 Å². The van der Waals surface area contributed by atoms with Crippen LogP contribution in [0, 0.1) is 0 Å². The van der Waals surface area contributed by atoms with E-state index in [-0.39, 0.29) is 0 Å². The van der Waals surface area contributed by atoms with Gasteiger partial charge in [-0.05, 0) is 0 Å². The van der Waals surface area contributed by atoms with Crippen molar-refractivity contribution in [3.8, 4) is 0 Å². The number of carbonyl (C=O) groups excluding carboxylic acids is 8. The fraction of sp³-hybridized carbons (Fsp3) is 0.714. The van der Waals surface area contributed by atoms with E-state index in [1.165, 1.54) is 0 Å². The summed E-state index contributed by atoms with van der Waals surface area (Å²) in [5.74, 6) is -6.93. The van der Waals surface area contributed by atoms with Gasteiger partial charge in [0.15, 0.2) is 36.8 Å². The minimum atomic E-state index is -1.71. The SMILES string of the molecule is CC(=O)OC[C@H]1O[C@H](OC[C@H]2O[C@H](OC(C)=O)[C@H](OC(C)=O)[C@@H](OC(C)=O)[C@H]2OC(C)=O)[C@H](OC(C)=O)[C@@H](OC(C)=O)[C@@H]1OC(C)=O. The molecule has 2 saturated heterocycles. The molecule has 264 valence electrons. The van der Waals surface area contributed by atoms with E-state index in [0.717, 1.165) is 55.4 Å². The molecule has 0 bridgehead atoms. The minimum absolute atomic E-state index is 0.541. The molecule has 0 aliphatic carbocycles. The number of hydrogen-bond donors (Lipinski definition) is 0. The fourth-order valence-electron chi connectivity index (χ4n) is 4.76. The van der Waals surface area contributed by atoms with Gasteiger partial charge in [0.25, 0.3) is 0 Å². The maximum absolute atomic E-state index is 12.1. The van der Waals surface area contributed by atoms with Gasteiger partial charge in [0.05, 0.1) is 6.61 Å². The topological polar surface area (TPSA) is 238 Å². The molecule has 0 saturated carbocycles. The van der Waals surface area contributed by atoms with Crippen LogP contribution < -0.4 is 0 Å². The molecule has 2 fully saturated rings. The first-order valence-electron chi connectivity index (χ1n) is 14.2. The number of esters is 8. The van der Waals surface area contributed by atoms with Crippen LogP contribution in [0.15, 0.2) is 0 Å². The van der Waals surface area contributed by atoms with E-state index in [0.29, 0.717) is 0 Å². The van der Waals surface area contributed by atoms with Crippen molar-refractivity contribution in [2.24, 2.45) is 0 Å². The van der Waals surface area contributed by atoms with E-state index in [9.17, 15) is 38.4 Å². The Hall–Kier alpha value is -4.36. The third-order valence-electron chi connectivity index (χ3n) is 6.15. The summed E-state index contributed by atoms with van der Waals surface area (Å²) in [4.78, 5) is 95.9. The Morgan fingerprint density at radius 3 is 1.09 bits per heavy atom. The van der Waals surface area contributed by atoms with E-state index in [2.05, 4.69) is 0 Å². The molecule has 2 aliphatic heterocycles. The minimum Gasteiger partial charge on any atom is -0.463 e. The lowest BCUT2D eigenvalue weighted by Gasteiger charge is -2.46. The first kappa shape index (κ1) is 38.8. The molecule has 0 amide bonds. The monoisotopic (exact) mass is 678 g/mol. The molecule has 0 unspecified atom stereocenters. The van der Waals surface area contributed by atoms with Crippen molar-refractivity contribution in [3.63, 3.8) is 0 Å². The average Bonchev–Trinajstić information content (AvgIpc) is 2.91. The first-order valence-corrected chi connectivity index (χ1v) is 14.2. The van der Waals surface area contributed by atoms with Gasteiger partial charge >= 0.3 is 47.8 Å². The van der Waals surface area contributed by atoms with Gasteiger partial charge in [-0.15, -0.1) is 0 Å². The summed E-state index contributed by atoms with van der Waals surface area (Å²) in [6.07, 6.45) is -15.6. The Balaban J connectivity index is 2.56. The van der Waals surface area contributed by atoms with Crippen molar-refractivity contribution in [3.05, 3.63) is 0 Å². The number of ether oxygens (including phenoxy) is 11. The molecule has 2 rings (SSSR count). The molecule has 0 aromatic heterocycles. The highest BCUT2D eigenvalue weighted by molar-refractivity contribution is 5.70. The second-order valence-electron chi connectivity index (χ2n) is 10.3. The zero-order chi connectivity index (χ0) is 35.6. The molecule has 10 atom stereocenters. The van der Waals surface area contributed by atoms with E-state index in [1.807, 2.05) is 0 Å². The summed E-state index contributed by atoms with van der Waals surface area (Å²) in [5, 5.41) is 0. The van der Waals surface area contributed by atoms with E-state index in [4.69, 9.17) is 52.1 Å². The van der Waals surface area contributed by atoms with Crippen molar-refractivity contribution in [1.29, 1.82) is 0 Å². The van der Waals surface area contributed by atoms with Gasteiger partial charge < -0.3 is 52.1 Å². The third-order valence-corrected chi connectivity index (χ3v) is 6.15. The van der Waals surface area contributed by atoms with E-state index >= 15 is 0 Å². The predicted octanol–water partition coefficient (Wildman–Crippen LogP) is -0.831. The smallest absolute Gasteiger partial charge is 0.305 e. The predicted molar refractivity (Wildman–Crippen MR) is 145 cm³/mol. The zero-order valence-electron chi connectivity index (χ0n) is 26.9.